The van der Waals surface area contributed by atoms with Gasteiger partial charge in [-0.1, -0.05) is 6.92 Å². The fourth-order valence-corrected chi connectivity index (χ4v) is 1.72. The molecule has 2 nitrogen and oxygen atoms in total. The van der Waals surface area contributed by atoms with Crippen LogP contribution in [0.1, 0.15) is 35.7 Å². The van der Waals surface area contributed by atoms with Crippen LogP contribution in [0.15, 0.2) is 18.2 Å². The van der Waals surface area contributed by atoms with Gasteiger partial charge in [0.05, 0.1) is 0 Å². The summed E-state index contributed by atoms with van der Waals surface area (Å²) in [5, 5.41) is 0. The van der Waals surface area contributed by atoms with Crippen LogP contribution in [0.5, 0.6) is 0 Å². The number of ketones is 1. The zero-order valence-corrected chi connectivity index (χ0v) is 9.79. The van der Waals surface area contributed by atoms with Crippen molar-refractivity contribution in [2.24, 2.45) is 11.7 Å². The lowest BCUT2D eigenvalue weighted by Gasteiger charge is -2.11. The van der Waals surface area contributed by atoms with Crippen molar-refractivity contribution >= 4 is 5.78 Å². The third kappa shape index (κ3) is 3.14. The van der Waals surface area contributed by atoms with Gasteiger partial charge in [-0.25, -0.2) is 4.39 Å². The highest BCUT2D eigenvalue weighted by atomic mass is 19.1. The van der Waals surface area contributed by atoms with Crippen molar-refractivity contribution in [2.75, 3.05) is 6.54 Å². The van der Waals surface area contributed by atoms with Crippen molar-refractivity contribution in [3.63, 3.8) is 0 Å². The maximum atomic E-state index is 12.9. The second-order valence-corrected chi connectivity index (χ2v) is 4.16. The third-order valence-electron chi connectivity index (χ3n) is 2.74. The van der Waals surface area contributed by atoms with Gasteiger partial charge in [-0.15, -0.1) is 0 Å². The molecule has 16 heavy (non-hydrogen) atoms. The summed E-state index contributed by atoms with van der Waals surface area (Å²) in [6, 6.07) is 4.28. The number of nitrogens with two attached hydrogens (primary N) is 1. The maximum absolute atomic E-state index is 12.9. The Bertz CT molecular complexity index is 376. The average molecular weight is 223 g/mol. The van der Waals surface area contributed by atoms with Gasteiger partial charge in [0, 0.05) is 11.5 Å². The monoisotopic (exact) mass is 223 g/mol. The molecule has 0 fully saturated rings. The summed E-state index contributed by atoms with van der Waals surface area (Å²) in [6.45, 7) is 4.24. The van der Waals surface area contributed by atoms with Gasteiger partial charge >= 0.3 is 0 Å². The highest BCUT2D eigenvalue weighted by Gasteiger charge is 2.16. The van der Waals surface area contributed by atoms with Crippen LogP contribution in [0.25, 0.3) is 0 Å². The zero-order valence-electron chi connectivity index (χ0n) is 9.79. The molecule has 88 valence electrons. The molecule has 0 heterocycles. The van der Waals surface area contributed by atoms with E-state index < -0.39 is 0 Å². The molecule has 0 aliphatic carbocycles. The summed E-state index contributed by atoms with van der Waals surface area (Å²) in [6.07, 6.45) is 1.62. The largest absolute Gasteiger partial charge is 0.330 e. The van der Waals surface area contributed by atoms with E-state index >= 15 is 0 Å². The lowest BCUT2D eigenvalue weighted by Crippen LogP contribution is -2.14. The minimum absolute atomic E-state index is 0.0484. The van der Waals surface area contributed by atoms with Crippen molar-refractivity contribution in [1.29, 1.82) is 0 Å². The molecule has 0 bridgehead atoms. The van der Waals surface area contributed by atoms with E-state index in [9.17, 15) is 9.18 Å². The highest BCUT2D eigenvalue weighted by molar-refractivity contribution is 5.98. The summed E-state index contributed by atoms with van der Waals surface area (Å²) < 4.78 is 12.9. The Morgan fingerprint density at radius 3 is 2.75 bits per heavy atom. The van der Waals surface area contributed by atoms with E-state index in [1.807, 2.05) is 6.92 Å². The number of Topliss-reactive ketones (excluding diaryl/α,β-unsaturated/α-hetero) is 1. The van der Waals surface area contributed by atoms with Crippen LogP contribution in [0.2, 0.25) is 0 Å². The van der Waals surface area contributed by atoms with Crippen molar-refractivity contribution in [2.45, 2.75) is 26.7 Å². The molecule has 0 saturated carbocycles. The Labute approximate surface area is 95.7 Å². The van der Waals surface area contributed by atoms with Crippen LogP contribution < -0.4 is 5.73 Å². The van der Waals surface area contributed by atoms with Crippen molar-refractivity contribution in [3.05, 3.63) is 35.1 Å². The van der Waals surface area contributed by atoms with Gasteiger partial charge in [0.25, 0.3) is 0 Å². The van der Waals surface area contributed by atoms with E-state index in [0.717, 1.165) is 12.8 Å². The molecule has 1 rings (SSSR count). The minimum Gasteiger partial charge on any atom is -0.330 e. The smallest absolute Gasteiger partial charge is 0.165 e. The highest BCUT2D eigenvalue weighted by Crippen LogP contribution is 2.17. The van der Waals surface area contributed by atoms with Gasteiger partial charge in [0.15, 0.2) is 5.78 Å². The Morgan fingerprint density at radius 2 is 2.19 bits per heavy atom. The molecule has 3 heteroatoms. The van der Waals surface area contributed by atoms with E-state index in [-0.39, 0.29) is 17.5 Å². The van der Waals surface area contributed by atoms with Crippen molar-refractivity contribution < 1.29 is 9.18 Å². The number of hydrogen-bond donors (Lipinski definition) is 1. The zero-order chi connectivity index (χ0) is 12.1. The lowest BCUT2D eigenvalue weighted by atomic mass is 9.92. The average Bonchev–Trinajstić information content (AvgIpc) is 2.25. The van der Waals surface area contributed by atoms with Gasteiger partial charge < -0.3 is 5.73 Å². The van der Waals surface area contributed by atoms with Crippen LogP contribution in [-0.2, 0) is 0 Å². The topological polar surface area (TPSA) is 43.1 Å². The summed E-state index contributed by atoms with van der Waals surface area (Å²) in [5.41, 5.74) is 6.72. The molecule has 0 aromatic heterocycles. The molecule has 2 N–H and O–H groups in total. The molecule has 0 aliphatic rings. The molecule has 0 radical (unpaired) electrons. The molecule has 1 aromatic rings. The van der Waals surface area contributed by atoms with E-state index in [4.69, 9.17) is 5.73 Å². The molecule has 0 aliphatic heterocycles. The molecular weight excluding hydrogens is 205 g/mol. The SMILES string of the molecule is Cc1cc(F)ccc1C(=O)C(C)CCCN. The second kappa shape index (κ2) is 5.75. The van der Waals surface area contributed by atoms with Crippen LogP contribution in [0.3, 0.4) is 0 Å². The van der Waals surface area contributed by atoms with Crippen molar-refractivity contribution in [3.8, 4) is 0 Å². The summed E-state index contributed by atoms with van der Waals surface area (Å²) >= 11 is 0. The van der Waals surface area contributed by atoms with Crippen molar-refractivity contribution in [1.82, 2.24) is 0 Å². The Morgan fingerprint density at radius 1 is 1.50 bits per heavy atom. The Kier molecular flexibility index (Phi) is 4.62. The Balaban J connectivity index is 2.79. The number of benzene rings is 1. The first-order chi connectivity index (χ1) is 7.56. The van der Waals surface area contributed by atoms with Gasteiger partial charge in [0.1, 0.15) is 5.82 Å². The van der Waals surface area contributed by atoms with Gasteiger partial charge in [0.2, 0.25) is 0 Å². The first kappa shape index (κ1) is 12.8. The normalized spacial score (nSPS) is 12.5. The number of aryl methyl sites for hydroxylation is 1. The predicted molar refractivity (Wildman–Crippen MR) is 62.9 cm³/mol. The van der Waals surface area contributed by atoms with E-state index in [1.165, 1.54) is 12.1 Å². The van der Waals surface area contributed by atoms with Gasteiger partial charge in [-0.3, -0.25) is 4.79 Å². The third-order valence-corrected chi connectivity index (χ3v) is 2.74. The standard InChI is InChI=1S/C13H18FNO/c1-9(4-3-7-15)13(16)12-6-5-11(14)8-10(12)2/h5-6,8-9H,3-4,7,15H2,1-2H3. The fourth-order valence-electron chi connectivity index (χ4n) is 1.72. The fraction of sp³-hybridized carbons (Fsp3) is 0.462. The summed E-state index contributed by atoms with van der Waals surface area (Å²) in [4.78, 5) is 12.0. The summed E-state index contributed by atoms with van der Waals surface area (Å²) in [5.74, 6) is -0.276. The quantitative estimate of drug-likeness (QED) is 0.780. The molecule has 1 atom stereocenters. The molecule has 0 spiro atoms. The van der Waals surface area contributed by atoms with Gasteiger partial charge in [-0.05, 0) is 50.1 Å². The predicted octanol–water partition coefficient (Wildman–Crippen LogP) is 2.69. The first-order valence-corrected chi connectivity index (χ1v) is 5.56. The van der Waals surface area contributed by atoms with Crippen LogP contribution >= 0.6 is 0 Å². The number of halogens is 1. The number of carbonyl (C=O) groups excluding carboxylic acids is 1. The Hall–Kier alpha value is -1.22. The van der Waals surface area contributed by atoms with E-state index in [0.29, 0.717) is 17.7 Å². The molecule has 0 amide bonds. The van der Waals surface area contributed by atoms with Crippen LogP contribution in [0, 0.1) is 18.7 Å². The lowest BCUT2D eigenvalue weighted by molar-refractivity contribution is 0.0922. The van der Waals surface area contributed by atoms with E-state index in [2.05, 4.69) is 0 Å². The maximum Gasteiger partial charge on any atom is 0.165 e. The first-order valence-electron chi connectivity index (χ1n) is 5.56. The van der Waals surface area contributed by atoms with Crippen LogP contribution in [-0.4, -0.2) is 12.3 Å². The minimum atomic E-state index is -0.302. The molecular formula is C13H18FNO. The van der Waals surface area contributed by atoms with Gasteiger partial charge in [-0.2, -0.15) is 0 Å². The molecule has 1 aromatic carbocycles. The molecule has 1 unspecified atom stereocenters. The number of rotatable bonds is 5. The van der Waals surface area contributed by atoms with E-state index in [1.54, 1.807) is 13.0 Å². The number of carbonyl (C=O) groups is 1. The van der Waals surface area contributed by atoms with Crippen LogP contribution in [0.4, 0.5) is 4.39 Å². The number of hydrogen-bond acceptors (Lipinski definition) is 2. The summed E-state index contributed by atoms with van der Waals surface area (Å²) in [7, 11) is 0. The second-order valence-electron chi connectivity index (χ2n) is 4.16. The molecule has 0 saturated heterocycles.